The molecule has 1 fully saturated rings. The molecule has 3 aromatic rings. The zero-order valence-electron chi connectivity index (χ0n) is 13.8. The van der Waals surface area contributed by atoms with Crippen molar-refractivity contribution >= 4 is 33.8 Å². The lowest BCUT2D eigenvalue weighted by Crippen LogP contribution is -2.36. The first-order chi connectivity index (χ1) is 11.7. The number of aromatic nitrogens is 4. The maximum Gasteiger partial charge on any atom is 0.198 e. The molecular weight excluding hydrogens is 338 g/mol. The molecule has 0 radical (unpaired) electrons. The molecule has 1 aliphatic heterocycles. The van der Waals surface area contributed by atoms with Crippen LogP contribution < -0.4 is 0 Å². The van der Waals surface area contributed by atoms with Crippen molar-refractivity contribution in [1.29, 1.82) is 0 Å². The Hall–Kier alpha value is -1.57. The van der Waals surface area contributed by atoms with Crippen molar-refractivity contribution in [3.8, 4) is 0 Å². The second kappa shape index (κ2) is 6.74. The summed E-state index contributed by atoms with van der Waals surface area (Å²) < 4.78 is 6.03. The van der Waals surface area contributed by atoms with Crippen LogP contribution in [0, 0.1) is 4.77 Å². The number of fused-ring (bicyclic) bond motifs is 1. The highest BCUT2D eigenvalue weighted by Gasteiger charge is 2.24. The molecule has 0 bridgehead atoms. The van der Waals surface area contributed by atoms with E-state index in [0.717, 1.165) is 36.6 Å². The molecule has 1 atom stereocenters. The topological polar surface area (TPSA) is 38.9 Å². The first-order valence-electron chi connectivity index (χ1n) is 8.44. The second-order valence-corrected chi connectivity index (χ2v) is 7.70. The predicted octanol–water partition coefficient (Wildman–Crippen LogP) is 3.88. The Morgan fingerprint density at radius 2 is 2.21 bits per heavy atom. The molecule has 0 aliphatic carbocycles. The fraction of sp³-hybridized carbons (Fsp3) is 0.471. The molecule has 0 saturated carbocycles. The van der Waals surface area contributed by atoms with Gasteiger partial charge in [-0.05, 0) is 50.7 Å². The van der Waals surface area contributed by atoms with Crippen LogP contribution in [-0.2, 0) is 13.2 Å². The van der Waals surface area contributed by atoms with Crippen LogP contribution in [0.4, 0.5) is 0 Å². The standard InChI is InChI=1S/C17H21N5S2/c1-2-21-11-18-22(17(21)23)12-20-9-5-6-13(10-20)16-19-14-7-3-4-8-15(14)24-16/h3-4,7-8,11,13H,2,5-6,9-10,12H2,1H3/t13-/m0/s1. The summed E-state index contributed by atoms with van der Waals surface area (Å²) in [5.74, 6) is 0.513. The number of hydrogen-bond acceptors (Lipinski definition) is 5. The van der Waals surface area contributed by atoms with Gasteiger partial charge < -0.3 is 4.57 Å². The number of piperidine rings is 1. The Balaban J connectivity index is 1.50. The first-order valence-corrected chi connectivity index (χ1v) is 9.67. The van der Waals surface area contributed by atoms with Crippen LogP contribution in [0.5, 0.6) is 0 Å². The summed E-state index contributed by atoms with van der Waals surface area (Å²) in [6, 6.07) is 8.41. The van der Waals surface area contributed by atoms with E-state index >= 15 is 0 Å². The van der Waals surface area contributed by atoms with Crippen LogP contribution in [0.15, 0.2) is 30.6 Å². The van der Waals surface area contributed by atoms with Crippen LogP contribution in [0.1, 0.15) is 30.7 Å². The predicted molar refractivity (Wildman–Crippen MR) is 99.9 cm³/mol. The van der Waals surface area contributed by atoms with Gasteiger partial charge in [0.25, 0.3) is 0 Å². The summed E-state index contributed by atoms with van der Waals surface area (Å²) in [5, 5.41) is 5.70. The van der Waals surface area contributed by atoms with Crippen molar-refractivity contribution in [2.75, 3.05) is 13.1 Å². The Morgan fingerprint density at radius 3 is 3.00 bits per heavy atom. The Kier molecular flexibility index (Phi) is 4.47. The summed E-state index contributed by atoms with van der Waals surface area (Å²) in [4.78, 5) is 7.30. The molecule has 4 rings (SSSR count). The van der Waals surface area contributed by atoms with Gasteiger partial charge in [0.15, 0.2) is 4.77 Å². The highest BCUT2D eigenvalue weighted by atomic mass is 32.1. The van der Waals surface area contributed by atoms with E-state index in [2.05, 4.69) is 41.2 Å². The molecule has 3 heterocycles. The van der Waals surface area contributed by atoms with Crippen molar-refractivity contribution in [3.63, 3.8) is 0 Å². The van der Waals surface area contributed by atoms with Crippen LogP contribution in [0.25, 0.3) is 10.2 Å². The van der Waals surface area contributed by atoms with E-state index in [9.17, 15) is 0 Å². The van der Waals surface area contributed by atoms with E-state index in [1.54, 1.807) is 0 Å². The van der Waals surface area contributed by atoms with Gasteiger partial charge in [-0.2, -0.15) is 5.10 Å². The Morgan fingerprint density at radius 1 is 1.33 bits per heavy atom. The molecule has 7 heteroatoms. The van der Waals surface area contributed by atoms with Crippen molar-refractivity contribution in [2.45, 2.75) is 38.9 Å². The molecular formula is C17H21N5S2. The number of benzene rings is 1. The van der Waals surface area contributed by atoms with Crippen molar-refractivity contribution in [2.24, 2.45) is 0 Å². The Labute approximate surface area is 150 Å². The van der Waals surface area contributed by atoms with Gasteiger partial charge in [-0.1, -0.05) is 12.1 Å². The lowest BCUT2D eigenvalue weighted by Gasteiger charge is -2.31. The lowest BCUT2D eigenvalue weighted by molar-refractivity contribution is 0.156. The number of thiazole rings is 1. The number of aryl methyl sites for hydroxylation is 1. The number of hydrogen-bond donors (Lipinski definition) is 0. The number of para-hydroxylation sites is 1. The van der Waals surface area contributed by atoms with Gasteiger partial charge in [0.2, 0.25) is 0 Å². The van der Waals surface area contributed by atoms with Gasteiger partial charge in [-0.3, -0.25) is 4.90 Å². The van der Waals surface area contributed by atoms with Crippen molar-refractivity contribution < 1.29 is 0 Å². The van der Waals surface area contributed by atoms with Crippen LogP contribution in [0.3, 0.4) is 0 Å². The highest BCUT2D eigenvalue weighted by Crippen LogP contribution is 2.33. The van der Waals surface area contributed by atoms with Crippen LogP contribution >= 0.6 is 23.6 Å². The molecule has 2 aromatic heterocycles. The quantitative estimate of drug-likeness (QED) is 0.663. The molecule has 1 saturated heterocycles. The number of rotatable bonds is 4. The zero-order valence-corrected chi connectivity index (χ0v) is 15.4. The summed E-state index contributed by atoms with van der Waals surface area (Å²) >= 11 is 7.32. The molecule has 5 nitrogen and oxygen atoms in total. The van der Waals surface area contributed by atoms with Gasteiger partial charge in [-0.15, -0.1) is 11.3 Å². The third kappa shape index (κ3) is 3.03. The van der Waals surface area contributed by atoms with E-state index in [-0.39, 0.29) is 0 Å². The summed E-state index contributed by atoms with van der Waals surface area (Å²) in [7, 11) is 0. The minimum Gasteiger partial charge on any atom is -0.307 e. The lowest BCUT2D eigenvalue weighted by atomic mass is 9.99. The molecule has 0 spiro atoms. The monoisotopic (exact) mass is 359 g/mol. The molecule has 24 heavy (non-hydrogen) atoms. The zero-order chi connectivity index (χ0) is 16.5. The van der Waals surface area contributed by atoms with E-state index < -0.39 is 0 Å². The second-order valence-electron chi connectivity index (χ2n) is 6.28. The molecule has 126 valence electrons. The van der Waals surface area contributed by atoms with E-state index in [1.165, 1.54) is 22.5 Å². The van der Waals surface area contributed by atoms with E-state index in [1.807, 2.05) is 26.9 Å². The maximum atomic E-state index is 5.49. The fourth-order valence-corrected chi connectivity index (χ4v) is 4.70. The molecule has 1 aromatic carbocycles. The summed E-state index contributed by atoms with van der Waals surface area (Å²) in [5.41, 5.74) is 1.12. The smallest absolute Gasteiger partial charge is 0.198 e. The minimum atomic E-state index is 0.513. The molecule has 0 amide bonds. The molecule has 0 N–H and O–H groups in total. The van der Waals surface area contributed by atoms with Gasteiger partial charge in [0.1, 0.15) is 6.33 Å². The van der Waals surface area contributed by atoms with Gasteiger partial charge in [0.05, 0.1) is 21.9 Å². The highest BCUT2D eigenvalue weighted by molar-refractivity contribution is 7.71. The van der Waals surface area contributed by atoms with Gasteiger partial charge >= 0.3 is 0 Å². The third-order valence-electron chi connectivity index (χ3n) is 4.64. The third-order valence-corrected chi connectivity index (χ3v) is 6.28. The van der Waals surface area contributed by atoms with E-state index in [0.29, 0.717) is 5.92 Å². The molecule has 1 aliphatic rings. The normalized spacial score (nSPS) is 19.1. The SMILES string of the molecule is CCn1cnn(CN2CCC[C@H](c3nc4ccccc4s3)C2)c1=S. The Bertz CT molecular complexity index is 861. The number of likely N-dealkylation sites (tertiary alicyclic amines) is 1. The average Bonchev–Trinajstić information content (AvgIpc) is 3.19. The van der Waals surface area contributed by atoms with Gasteiger partial charge in [0, 0.05) is 19.0 Å². The molecule has 0 unspecified atom stereocenters. The van der Waals surface area contributed by atoms with Crippen molar-refractivity contribution in [3.05, 3.63) is 40.4 Å². The summed E-state index contributed by atoms with van der Waals surface area (Å²) in [6.07, 6.45) is 4.24. The van der Waals surface area contributed by atoms with E-state index in [4.69, 9.17) is 17.2 Å². The number of nitrogens with zero attached hydrogens (tertiary/aromatic N) is 5. The minimum absolute atomic E-state index is 0.513. The van der Waals surface area contributed by atoms with Crippen LogP contribution in [0.2, 0.25) is 0 Å². The average molecular weight is 360 g/mol. The van der Waals surface area contributed by atoms with Gasteiger partial charge in [-0.25, -0.2) is 9.67 Å². The largest absolute Gasteiger partial charge is 0.307 e. The fourth-order valence-electron chi connectivity index (χ4n) is 3.33. The van der Waals surface area contributed by atoms with Crippen LogP contribution in [-0.4, -0.2) is 37.3 Å². The maximum absolute atomic E-state index is 5.49. The summed E-state index contributed by atoms with van der Waals surface area (Å²) in [6.45, 7) is 5.86. The van der Waals surface area contributed by atoms with Crippen molar-refractivity contribution in [1.82, 2.24) is 24.2 Å². The first kappa shape index (κ1) is 15.9.